The van der Waals surface area contributed by atoms with E-state index in [1.165, 1.54) is 9.75 Å². The van der Waals surface area contributed by atoms with Crippen LogP contribution in [0.1, 0.15) is 16.2 Å². The van der Waals surface area contributed by atoms with Crippen LogP contribution in [-0.2, 0) is 0 Å². The second-order valence-corrected chi connectivity index (χ2v) is 4.52. The van der Waals surface area contributed by atoms with E-state index < -0.39 is 0 Å². The van der Waals surface area contributed by atoms with Crippen molar-refractivity contribution >= 4 is 17.4 Å². The average Bonchev–Trinajstić information content (AvgIpc) is 2.71. The van der Waals surface area contributed by atoms with E-state index in [-0.39, 0.29) is 0 Å². The van der Waals surface area contributed by atoms with Crippen LogP contribution in [0.15, 0.2) is 29.2 Å². The fourth-order valence-corrected chi connectivity index (χ4v) is 2.21. The second kappa shape index (κ2) is 3.46. The Hall–Kier alpha value is -1.28. The van der Waals surface area contributed by atoms with Crippen molar-refractivity contribution < 1.29 is 4.42 Å². The molecular weight excluding hydrogens is 192 g/mol. The molecule has 0 aliphatic carbocycles. The second-order valence-electron chi connectivity index (χ2n) is 3.24. The molecule has 0 saturated heterocycles. The van der Waals surface area contributed by atoms with Crippen molar-refractivity contribution in [2.45, 2.75) is 13.8 Å². The summed E-state index contributed by atoms with van der Waals surface area (Å²) in [7, 11) is 0. The van der Waals surface area contributed by atoms with Crippen LogP contribution in [0.25, 0.3) is 16.7 Å². The van der Waals surface area contributed by atoms with E-state index in [1.807, 2.05) is 19.1 Å². The third kappa shape index (κ3) is 1.53. The highest BCUT2D eigenvalue weighted by Gasteiger charge is 2.08. The summed E-state index contributed by atoms with van der Waals surface area (Å²) in [4.78, 5) is 2.48. The van der Waals surface area contributed by atoms with Crippen molar-refractivity contribution in [2.24, 2.45) is 0 Å². The van der Waals surface area contributed by atoms with Gasteiger partial charge in [0.2, 0.25) is 0 Å². The Morgan fingerprint density at radius 2 is 2.14 bits per heavy atom. The summed E-state index contributed by atoms with van der Waals surface area (Å²) >= 11 is 1.75. The molecule has 0 radical (unpaired) electrons. The van der Waals surface area contributed by atoms with Crippen LogP contribution in [0.4, 0.5) is 0 Å². The normalized spacial score (nSPS) is 10.4. The third-order valence-corrected chi connectivity index (χ3v) is 3.17. The molecule has 1 nitrogen and oxygen atoms in total. The molecule has 0 atom stereocenters. The van der Waals surface area contributed by atoms with Gasteiger partial charge in [0.1, 0.15) is 11.5 Å². The van der Waals surface area contributed by atoms with Crippen molar-refractivity contribution in [2.75, 3.05) is 0 Å². The maximum Gasteiger partial charge on any atom is 0.144 e. The van der Waals surface area contributed by atoms with Gasteiger partial charge in [0, 0.05) is 10.4 Å². The Bertz CT molecular complexity index is 462. The summed E-state index contributed by atoms with van der Waals surface area (Å²) in [6.45, 7) is 7.80. The summed E-state index contributed by atoms with van der Waals surface area (Å²) in [5, 5.41) is 0. The molecule has 0 amide bonds. The predicted molar refractivity (Wildman–Crippen MR) is 61.6 cm³/mol. The molecule has 0 aliphatic heterocycles. The van der Waals surface area contributed by atoms with Crippen molar-refractivity contribution in [1.29, 1.82) is 0 Å². The first-order valence-corrected chi connectivity index (χ1v) is 5.32. The van der Waals surface area contributed by atoms with Gasteiger partial charge in [-0.25, -0.2) is 0 Å². The van der Waals surface area contributed by atoms with E-state index in [0.717, 1.165) is 17.1 Å². The Balaban J connectivity index is 2.47. The standard InChI is InChI=1S/C12H12OS/c1-4-10-7-11(13-9(10)3)12-6-5-8(2)14-12/h4-7H,1H2,2-3H3. The Morgan fingerprint density at radius 3 is 2.64 bits per heavy atom. The smallest absolute Gasteiger partial charge is 0.144 e. The zero-order chi connectivity index (χ0) is 10.1. The fourth-order valence-electron chi connectivity index (χ4n) is 1.39. The highest BCUT2D eigenvalue weighted by Crippen LogP contribution is 2.31. The first-order chi connectivity index (χ1) is 6.70. The van der Waals surface area contributed by atoms with E-state index in [0.29, 0.717) is 0 Å². The fraction of sp³-hybridized carbons (Fsp3) is 0.167. The van der Waals surface area contributed by atoms with E-state index in [2.05, 4.69) is 25.6 Å². The third-order valence-electron chi connectivity index (χ3n) is 2.16. The van der Waals surface area contributed by atoms with Crippen LogP contribution < -0.4 is 0 Å². The molecule has 0 aliphatic rings. The largest absolute Gasteiger partial charge is 0.460 e. The number of furan rings is 1. The van der Waals surface area contributed by atoms with Crippen LogP contribution in [-0.4, -0.2) is 0 Å². The van der Waals surface area contributed by atoms with Gasteiger partial charge in [0.15, 0.2) is 0 Å². The van der Waals surface area contributed by atoms with Crippen LogP contribution >= 0.6 is 11.3 Å². The first kappa shape index (κ1) is 9.28. The van der Waals surface area contributed by atoms with Crippen LogP contribution in [0.3, 0.4) is 0 Å². The van der Waals surface area contributed by atoms with Gasteiger partial charge in [0.25, 0.3) is 0 Å². The molecule has 0 bridgehead atoms. The maximum absolute atomic E-state index is 5.64. The van der Waals surface area contributed by atoms with Crippen molar-refractivity contribution in [3.05, 3.63) is 41.0 Å². The van der Waals surface area contributed by atoms with Gasteiger partial charge in [-0.1, -0.05) is 12.7 Å². The molecule has 0 N–H and O–H groups in total. The van der Waals surface area contributed by atoms with Crippen LogP contribution in [0, 0.1) is 13.8 Å². The summed E-state index contributed by atoms with van der Waals surface area (Å²) < 4.78 is 5.64. The highest BCUT2D eigenvalue weighted by molar-refractivity contribution is 7.15. The molecule has 0 saturated carbocycles. The molecular formula is C12H12OS. The number of aryl methyl sites for hydroxylation is 2. The lowest BCUT2D eigenvalue weighted by Gasteiger charge is -1.87. The topological polar surface area (TPSA) is 13.1 Å². The molecule has 2 rings (SSSR count). The number of rotatable bonds is 2. The van der Waals surface area contributed by atoms with Crippen LogP contribution in [0.2, 0.25) is 0 Å². The molecule has 0 aromatic carbocycles. The van der Waals surface area contributed by atoms with Crippen molar-refractivity contribution in [1.82, 2.24) is 0 Å². The molecule has 2 heterocycles. The van der Waals surface area contributed by atoms with Gasteiger partial charge in [0.05, 0.1) is 4.88 Å². The lowest BCUT2D eigenvalue weighted by Crippen LogP contribution is -1.64. The molecule has 0 spiro atoms. The Kier molecular flexibility index (Phi) is 2.30. The molecule has 14 heavy (non-hydrogen) atoms. The van der Waals surface area contributed by atoms with Gasteiger partial charge < -0.3 is 4.42 Å². The molecule has 72 valence electrons. The van der Waals surface area contributed by atoms with E-state index >= 15 is 0 Å². The van der Waals surface area contributed by atoms with Gasteiger partial charge in [-0.15, -0.1) is 11.3 Å². The lowest BCUT2D eigenvalue weighted by atomic mass is 10.2. The lowest BCUT2D eigenvalue weighted by molar-refractivity contribution is 0.549. The Morgan fingerprint density at radius 1 is 1.36 bits per heavy atom. The monoisotopic (exact) mass is 204 g/mol. The minimum Gasteiger partial charge on any atom is -0.460 e. The van der Waals surface area contributed by atoms with E-state index in [4.69, 9.17) is 4.42 Å². The SMILES string of the molecule is C=Cc1cc(-c2ccc(C)s2)oc1C. The zero-order valence-electron chi connectivity index (χ0n) is 8.33. The van der Waals surface area contributed by atoms with Crippen LogP contribution in [0.5, 0.6) is 0 Å². The first-order valence-electron chi connectivity index (χ1n) is 4.50. The van der Waals surface area contributed by atoms with Crippen molar-refractivity contribution in [3.8, 4) is 10.6 Å². The number of thiophene rings is 1. The van der Waals surface area contributed by atoms with E-state index in [9.17, 15) is 0 Å². The highest BCUT2D eigenvalue weighted by atomic mass is 32.1. The minimum absolute atomic E-state index is 0.932. The average molecular weight is 204 g/mol. The van der Waals surface area contributed by atoms with E-state index in [1.54, 1.807) is 11.3 Å². The van der Waals surface area contributed by atoms with Gasteiger partial charge in [-0.3, -0.25) is 0 Å². The predicted octanol–water partition coefficient (Wildman–Crippen LogP) is 4.27. The molecule has 2 aromatic rings. The summed E-state index contributed by atoms with van der Waals surface area (Å²) in [6.07, 6.45) is 1.82. The van der Waals surface area contributed by atoms with Gasteiger partial charge in [-0.05, 0) is 32.0 Å². The molecule has 0 fully saturated rings. The zero-order valence-corrected chi connectivity index (χ0v) is 9.15. The van der Waals surface area contributed by atoms with Crippen molar-refractivity contribution in [3.63, 3.8) is 0 Å². The van der Waals surface area contributed by atoms with Gasteiger partial charge >= 0.3 is 0 Å². The summed E-state index contributed by atoms with van der Waals surface area (Å²) in [5.74, 6) is 1.87. The summed E-state index contributed by atoms with van der Waals surface area (Å²) in [5.41, 5.74) is 1.08. The van der Waals surface area contributed by atoms with Gasteiger partial charge in [-0.2, -0.15) is 0 Å². The quantitative estimate of drug-likeness (QED) is 0.712. The summed E-state index contributed by atoms with van der Waals surface area (Å²) in [6, 6.07) is 6.23. The molecule has 0 unspecified atom stereocenters. The molecule has 2 aromatic heterocycles. The maximum atomic E-state index is 5.64. The number of hydrogen-bond donors (Lipinski definition) is 0. The minimum atomic E-state index is 0.932. The number of hydrogen-bond acceptors (Lipinski definition) is 2. The molecule has 2 heteroatoms. The Labute approximate surface area is 87.7 Å².